The molecule has 0 spiro atoms. The Labute approximate surface area is 162 Å². The van der Waals surface area contributed by atoms with Crippen LogP contribution in [0.2, 0.25) is 0 Å². The number of H-pyrrole nitrogens is 1. The quantitative estimate of drug-likeness (QED) is 0.293. The van der Waals surface area contributed by atoms with Crippen LogP contribution in [0.1, 0.15) is 24.8 Å². The zero-order valence-corrected chi connectivity index (χ0v) is 15.6. The highest BCUT2D eigenvalue weighted by Gasteiger charge is 2.27. The minimum atomic E-state index is -1.15. The number of hydrogen-bond acceptors (Lipinski definition) is 5. The van der Waals surface area contributed by atoms with Crippen LogP contribution in [0.3, 0.4) is 0 Å². The number of aromatic amines is 1. The molecule has 0 radical (unpaired) electrons. The molecule has 1 aromatic heterocycles. The van der Waals surface area contributed by atoms with E-state index in [0.29, 0.717) is 25.8 Å². The monoisotopic (exact) mass is 389 g/mol. The third-order valence-electron chi connectivity index (χ3n) is 4.50. The van der Waals surface area contributed by atoms with Crippen LogP contribution >= 0.6 is 0 Å². The summed E-state index contributed by atoms with van der Waals surface area (Å²) in [5.74, 6) is -2.17. The molecule has 28 heavy (non-hydrogen) atoms. The van der Waals surface area contributed by atoms with Crippen molar-refractivity contribution in [1.82, 2.24) is 15.6 Å². The predicted octanol–water partition coefficient (Wildman–Crippen LogP) is -0.148. The van der Waals surface area contributed by atoms with Gasteiger partial charge in [-0.25, -0.2) is 4.79 Å². The Morgan fingerprint density at radius 1 is 1.07 bits per heavy atom. The van der Waals surface area contributed by atoms with Crippen molar-refractivity contribution < 1.29 is 19.5 Å². The lowest BCUT2D eigenvalue weighted by molar-refractivity contribution is -0.142. The van der Waals surface area contributed by atoms with Gasteiger partial charge in [-0.05, 0) is 37.4 Å². The van der Waals surface area contributed by atoms with Crippen molar-refractivity contribution in [1.29, 1.82) is 0 Å². The second-order valence-corrected chi connectivity index (χ2v) is 6.57. The van der Waals surface area contributed by atoms with E-state index in [1.165, 1.54) is 0 Å². The van der Waals surface area contributed by atoms with E-state index >= 15 is 0 Å². The van der Waals surface area contributed by atoms with Gasteiger partial charge < -0.3 is 32.2 Å². The molecule has 0 fully saturated rings. The number of benzene rings is 1. The van der Waals surface area contributed by atoms with E-state index in [-0.39, 0.29) is 13.0 Å². The number of carbonyl (C=O) groups is 3. The van der Waals surface area contributed by atoms with Gasteiger partial charge in [0.15, 0.2) is 0 Å². The fourth-order valence-electron chi connectivity index (χ4n) is 3.01. The molecule has 152 valence electrons. The minimum absolute atomic E-state index is 0.117. The molecule has 2 amide bonds. The van der Waals surface area contributed by atoms with E-state index in [0.717, 1.165) is 16.5 Å². The number of carbonyl (C=O) groups excluding carboxylic acids is 2. The molecule has 0 aliphatic rings. The number of amides is 2. The lowest BCUT2D eigenvalue weighted by Gasteiger charge is -2.21. The molecule has 0 aliphatic heterocycles. The molecule has 1 aromatic carbocycles. The zero-order chi connectivity index (χ0) is 20.5. The Balaban J connectivity index is 2.10. The molecule has 0 aliphatic carbocycles. The number of nitrogens with one attached hydrogen (secondary N) is 3. The average molecular weight is 389 g/mol. The molecule has 1 heterocycles. The Kier molecular flexibility index (Phi) is 7.97. The number of nitrogens with two attached hydrogens (primary N) is 2. The van der Waals surface area contributed by atoms with Crippen molar-refractivity contribution in [2.24, 2.45) is 11.5 Å². The summed E-state index contributed by atoms with van der Waals surface area (Å²) >= 11 is 0. The maximum atomic E-state index is 12.6. The van der Waals surface area contributed by atoms with Crippen molar-refractivity contribution >= 4 is 28.7 Å². The van der Waals surface area contributed by atoms with Gasteiger partial charge in [-0.1, -0.05) is 18.2 Å². The van der Waals surface area contributed by atoms with Crippen molar-refractivity contribution in [3.63, 3.8) is 0 Å². The number of hydrogen-bond donors (Lipinski definition) is 6. The van der Waals surface area contributed by atoms with Crippen molar-refractivity contribution in [3.8, 4) is 0 Å². The smallest absolute Gasteiger partial charge is 0.326 e. The number of unbranched alkanes of at least 4 members (excludes halogenated alkanes) is 1. The number of fused-ring (bicyclic) bond motifs is 1. The summed E-state index contributed by atoms with van der Waals surface area (Å²) < 4.78 is 0. The molecule has 2 aromatic rings. The van der Waals surface area contributed by atoms with Gasteiger partial charge >= 0.3 is 5.97 Å². The van der Waals surface area contributed by atoms with E-state index in [1.54, 1.807) is 6.20 Å². The van der Waals surface area contributed by atoms with Crippen molar-refractivity contribution in [2.75, 3.05) is 13.1 Å². The Morgan fingerprint density at radius 2 is 1.82 bits per heavy atom. The van der Waals surface area contributed by atoms with Crippen LogP contribution in [0.25, 0.3) is 10.9 Å². The molecular weight excluding hydrogens is 362 g/mol. The summed E-state index contributed by atoms with van der Waals surface area (Å²) in [4.78, 5) is 39.0. The van der Waals surface area contributed by atoms with Crippen LogP contribution in [0.5, 0.6) is 0 Å². The van der Waals surface area contributed by atoms with Gasteiger partial charge in [0, 0.05) is 23.5 Å². The number of carboxylic acids is 1. The topological polar surface area (TPSA) is 163 Å². The molecular formula is C19H27N5O4. The van der Waals surface area contributed by atoms with Crippen LogP contribution in [-0.4, -0.2) is 53.0 Å². The van der Waals surface area contributed by atoms with Crippen LogP contribution < -0.4 is 22.1 Å². The number of para-hydroxylation sites is 1. The number of rotatable bonds is 11. The highest BCUT2D eigenvalue weighted by molar-refractivity contribution is 5.91. The lowest BCUT2D eigenvalue weighted by Crippen LogP contribution is -2.53. The maximum absolute atomic E-state index is 12.6. The zero-order valence-electron chi connectivity index (χ0n) is 15.6. The molecule has 9 heteroatoms. The Morgan fingerprint density at radius 3 is 2.50 bits per heavy atom. The van der Waals surface area contributed by atoms with E-state index in [4.69, 9.17) is 11.5 Å². The first-order valence-electron chi connectivity index (χ1n) is 9.24. The standard InChI is InChI=1S/C19H27N5O4/c20-8-4-3-7-15(23-17(25)10-21)18(26)24-16(19(27)28)9-12-11-22-14-6-2-1-5-13(12)14/h1-2,5-6,11,15-16,22H,3-4,7-10,20-21H2,(H,23,25)(H,24,26)(H,27,28). The third kappa shape index (κ3) is 5.80. The lowest BCUT2D eigenvalue weighted by atomic mass is 10.0. The van der Waals surface area contributed by atoms with Crippen molar-refractivity contribution in [3.05, 3.63) is 36.0 Å². The highest BCUT2D eigenvalue weighted by atomic mass is 16.4. The second kappa shape index (κ2) is 10.4. The van der Waals surface area contributed by atoms with E-state index in [9.17, 15) is 19.5 Å². The molecule has 2 unspecified atom stereocenters. The molecule has 9 nitrogen and oxygen atoms in total. The first kappa shape index (κ1) is 21.4. The minimum Gasteiger partial charge on any atom is -0.480 e. The van der Waals surface area contributed by atoms with Gasteiger partial charge in [0.2, 0.25) is 11.8 Å². The summed E-state index contributed by atoms with van der Waals surface area (Å²) in [7, 11) is 0. The van der Waals surface area contributed by atoms with Crippen molar-refractivity contribution in [2.45, 2.75) is 37.8 Å². The normalized spacial score (nSPS) is 13.1. The molecule has 8 N–H and O–H groups in total. The van der Waals surface area contributed by atoms with Gasteiger partial charge in [-0.3, -0.25) is 9.59 Å². The van der Waals surface area contributed by atoms with Gasteiger partial charge in [-0.2, -0.15) is 0 Å². The third-order valence-corrected chi connectivity index (χ3v) is 4.50. The molecule has 2 rings (SSSR count). The Bertz CT molecular complexity index is 820. The number of aromatic nitrogens is 1. The molecule has 0 saturated carbocycles. The van der Waals surface area contributed by atoms with Gasteiger partial charge in [0.1, 0.15) is 12.1 Å². The van der Waals surface area contributed by atoms with Gasteiger partial charge in [-0.15, -0.1) is 0 Å². The molecule has 0 saturated heterocycles. The number of carboxylic acid groups (broad SMARTS) is 1. The van der Waals surface area contributed by atoms with E-state index in [2.05, 4.69) is 15.6 Å². The largest absolute Gasteiger partial charge is 0.480 e. The second-order valence-electron chi connectivity index (χ2n) is 6.57. The fourth-order valence-corrected chi connectivity index (χ4v) is 3.01. The highest BCUT2D eigenvalue weighted by Crippen LogP contribution is 2.19. The Hall–Kier alpha value is -2.91. The van der Waals surface area contributed by atoms with Crippen LogP contribution in [0.4, 0.5) is 0 Å². The summed E-state index contributed by atoms with van der Waals surface area (Å²) in [6.07, 6.45) is 3.53. The summed E-state index contributed by atoms with van der Waals surface area (Å²) in [5.41, 5.74) is 12.5. The van der Waals surface area contributed by atoms with Crippen LogP contribution in [0.15, 0.2) is 30.5 Å². The molecule has 0 bridgehead atoms. The van der Waals surface area contributed by atoms with Crippen LogP contribution in [0, 0.1) is 0 Å². The summed E-state index contributed by atoms with van der Waals surface area (Å²) in [5, 5.41) is 15.5. The fraction of sp³-hybridized carbons (Fsp3) is 0.421. The number of aliphatic carboxylic acids is 1. The van der Waals surface area contributed by atoms with Gasteiger partial charge in [0.25, 0.3) is 0 Å². The summed E-state index contributed by atoms with van der Waals surface area (Å²) in [6.45, 7) is 0.218. The van der Waals surface area contributed by atoms with E-state index < -0.39 is 29.9 Å². The first-order chi connectivity index (χ1) is 13.5. The van der Waals surface area contributed by atoms with Gasteiger partial charge in [0.05, 0.1) is 6.54 Å². The first-order valence-corrected chi connectivity index (χ1v) is 9.24. The van der Waals surface area contributed by atoms with E-state index in [1.807, 2.05) is 24.3 Å². The predicted molar refractivity (Wildman–Crippen MR) is 105 cm³/mol. The SMILES string of the molecule is NCCCCC(NC(=O)CN)C(=O)NC(Cc1c[nH]c2ccccc12)C(=O)O. The average Bonchev–Trinajstić information content (AvgIpc) is 3.09. The van der Waals surface area contributed by atoms with Crippen LogP contribution in [-0.2, 0) is 20.8 Å². The molecule has 2 atom stereocenters. The maximum Gasteiger partial charge on any atom is 0.326 e. The summed E-state index contributed by atoms with van der Waals surface area (Å²) in [6, 6.07) is 5.54.